The summed E-state index contributed by atoms with van der Waals surface area (Å²) in [6, 6.07) is 12.4. The molecule has 0 radical (unpaired) electrons. The monoisotopic (exact) mass is 283 g/mol. The molecule has 0 aliphatic carbocycles. The molecular weight excluding hydrogens is 262 g/mol. The average Bonchev–Trinajstić information content (AvgIpc) is 2.54. The lowest BCUT2D eigenvalue weighted by atomic mass is 9.90. The molecule has 21 heavy (non-hydrogen) atoms. The van der Waals surface area contributed by atoms with Gasteiger partial charge in [0.1, 0.15) is 11.6 Å². The summed E-state index contributed by atoms with van der Waals surface area (Å²) in [5, 5.41) is 11.7. The molecule has 1 aromatic carbocycles. The lowest BCUT2D eigenvalue weighted by molar-refractivity contribution is -0.128. The Morgan fingerprint density at radius 2 is 2.05 bits per heavy atom. The molecule has 2 rings (SSSR count). The third kappa shape index (κ3) is 4.09. The van der Waals surface area contributed by atoms with Crippen LogP contribution in [0.5, 0.6) is 0 Å². The number of piperidine rings is 1. The summed E-state index contributed by atoms with van der Waals surface area (Å²) < 4.78 is 0. The van der Waals surface area contributed by atoms with Crippen LogP contribution < -0.4 is 5.32 Å². The van der Waals surface area contributed by atoms with Crippen LogP contribution in [0.15, 0.2) is 42.1 Å². The highest BCUT2D eigenvalue weighted by Gasteiger charge is 2.24. The zero-order chi connectivity index (χ0) is 15.1. The number of carbonyl (C=O) groups excluding carboxylic acids is 1. The predicted molar refractivity (Wildman–Crippen MR) is 82.2 cm³/mol. The van der Waals surface area contributed by atoms with E-state index in [1.807, 2.05) is 12.1 Å². The lowest BCUT2D eigenvalue weighted by Crippen LogP contribution is -2.39. The fraction of sp³-hybridized carbons (Fsp3) is 0.412. The second-order valence-electron chi connectivity index (χ2n) is 5.38. The molecule has 4 nitrogen and oxygen atoms in total. The van der Waals surface area contributed by atoms with Gasteiger partial charge in [-0.3, -0.25) is 4.79 Å². The predicted octanol–water partition coefficient (Wildman–Crippen LogP) is 2.09. The first-order valence-electron chi connectivity index (χ1n) is 7.35. The Balaban J connectivity index is 1.87. The number of carbonyl (C=O) groups is 1. The van der Waals surface area contributed by atoms with E-state index in [-0.39, 0.29) is 11.5 Å². The van der Waals surface area contributed by atoms with Crippen LogP contribution in [0.2, 0.25) is 0 Å². The van der Waals surface area contributed by atoms with Gasteiger partial charge in [0.2, 0.25) is 0 Å². The summed E-state index contributed by atoms with van der Waals surface area (Å²) >= 11 is 0. The average molecular weight is 283 g/mol. The lowest BCUT2D eigenvalue weighted by Gasteiger charge is -2.32. The molecule has 1 aromatic rings. The van der Waals surface area contributed by atoms with Crippen molar-refractivity contribution in [1.82, 2.24) is 10.2 Å². The minimum absolute atomic E-state index is 0.162. The summed E-state index contributed by atoms with van der Waals surface area (Å²) in [5.41, 5.74) is 1.54. The summed E-state index contributed by atoms with van der Waals surface area (Å²) in [6.45, 7) is 1.47. The first-order chi connectivity index (χ1) is 10.2. The van der Waals surface area contributed by atoms with Crippen molar-refractivity contribution in [2.45, 2.75) is 19.3 Å². The quantitative estimate of drug-likeness (QED) is 0.680. The highest BCUT2D eigenvalue weighted by atomic mass is 16.2. The molecule has 0 unspecified atom stereocenters. The van der Waals surface area contributed by atoms with E-state index in [1.165, 1.54) is 11.8 Å². The van der Waals surface area contributed by atoms with Gasteiger partial charge in [0.25, 0.3) is 5.91 Å². The Morgan fingerprint density at radius 1 is 1.38 bits per heavy atom. The van der Waals surface area contributed by atoms with Crippen LogP contribution in [0.25, 0.3) is 0 Å². The number of hydrogen-bond donors (Lipinski definition) is 1. The van der Waals surface area contributed by atoms with Gasteiger partial charge in [0, 0.05) is 26.3 Å². The van der Waals surface area contributed by atoms with Crippen molar-refractivity contribution < 1.29 is 4.79 Å². The van der Waals surface area contributed by atoms with Crippen LogP contribution in [-0.2, 0) is 11.2 Å². The molecule has 0 atom stereocenters. The maximum atomic E-state index is 12.2. The standard InChI is InChI=1S/C17H21N3O/c1-19-13-16(12-18)17(21)20-9-7-15(8-10-20)11-14-5-3-2-4-6-14/h2-6,13,15,19H,7-11H2,1H3/b16-13-. The van der Waals surface area contributed by atoms with E-state index in [4.69, 9.17) is 5.26 Å². The van der Waals surface area contributed by atoms with E-state index in [1.54, 1.807) is 11.9 Å². The Hall–Kier alpha value is -2.28. The van der Waals surface area contributed by atoms with Crippen molar-refractivity contribution in [2.75, 3.05) is 20.1 Å². The molecule has 0 saturated carbocycles. The molecule has 4 heteroatoms. The zero-order valence-electron chi connectivity index (χ0n) is 12.4. The van der Waals surface area contributed by atoms with Crippen LogP contribution in [0.3, 0.4) is 0 Å². The molecule has 1 aliphatic rings. The highest BCUT2D eigenvalue weighted by molar-refractivity contribution is 5.97. The molecule has 1 N–H and O–H groups in total. The van der Waals surface area contributed by atoms with Crippen LogP contribution >= 0.6 is 0 Å². The SMILES string of the molecule is CN/C=C(/C#N)C(=O)N1CCC(Cc2ccccc2)CC1. The number of hydrogen-bond acceptors (Lipinski definition) is 3. The number of nitrogens with zero attached hydrogens (tertiary/aromatic N) is 2. The second-order valence-corrected chi connectivity index (χ2v) is 5.38. The number of likely N-dealkylation sites (tertiary alicyclic amines) is 1. The van der Waals surface area contributed by atoms with E-state index < -0.39 is 0 Å². The van der Waals surface area contributed by atoms with Gasteiger partial charge in [0.15, 0.2) is 0 Å². The van der Waals surface area contributed by atoms with E-state index in [9.17, 15) is 4.79 Å². The maximum absolute atomic E-state index is 12.2. The summed E-state index contributed by atoms with van der Waals surface area (Å²) in [5.74, 6) is 0.459. The van der Waals surface area contributed by atoms with Gasteiger partial charge in [-0.2, -0.15) is 5.26 Å². The minimum Gasteiger partial charge on any atom is -0.393 e. The zero-order valence-corrected chi connectivity index (χ0v) is 12.4. The third-order valence-electron chi connectivity index (χ3n) is 3.91. The Morgan fingerprint density at radius 3 is 2.62 bits per heavy atom. The van der Waals surface area contributed by atoms with E-state index >= 15 is 0 Å². The molecule has 1 saturated heterocycles. The largest absolute Gasteiger partial charge is 0.393 e. The molecular formula is C17H21N3O. The van der Waals surface area contributed by atoms with Gasteiger partial charge < -0.3 is 10.2 Å². The molecule has 0 spiro atoms. The molecule has 0 bridgehead atoms. The Labute approximate surface area is 126 Å². The first-order valence-corrected chi connectivity index (χ1v) is 7.35. The van der Waals surface area contributed by atoms with Gasteiger partial charge in [-0.25, -0.2) is 0 Å². The number of nitriles is 1. The minimum atomic E-state index is -0.162. The molecule has 1 amide bonds. The molecule has 1 heterocycles. The second kappa shape index (κ2) is 7.49. The van der Waals surface area contributed by atoms with Gasteiger partial charge in [0.05, 0.1) is 0 Å². The van der Waals surface area contributed by atoms with Crippen molar-refractivity contribution in [1.29, 1.82) is 5.26 Å². The van der Waals surface area contributed by atoms with Crippen molar-refractivity contribution >= 4 is 5.91 Å². The van der Waals surface area contributed by atoms with Gasteiger partial charge >= 0.3 is 0 Å². The molecule has 1 fully saturated rings. The number of rotatable bonds is 4. The number of nitrogens with one attached hydrogen (secondary N) is 1. The smallest absolute Gasteiger partial charge is 0.265 e. The van der Waals surface area contributed by atoms with E-state index in [0.29, 0.717) is 5.92 Å². The number of amides is 1. The van der Waals surface area contributed by atoms with Gasteiger partial charge in [-0.05, 0) is 30.7 Å². The topological polar surface area (TPSA) is 56.1 Å². The van der Waals surface area contributed by atoms with Crippen LogP contribution in [0.1, 0.15) is 18.4 Å². The highest BCUT2D eigenvalue weighted by Crippen LogP contribution is 2.22. The molecule has 1 aliphatic heterocycles. The maximum Gasteiger partial charge on any atom is 0.265 e. The van der Waals surface area contributed by atoms with Crippen molar-refractivity contribution in [2.24, 2.45) is 5.92 Å². The van der Waals surface area contributed by atoms with Crippen molar-refractivity contribution in [3.8, 4) is 6.07 Å². The molecule has 0 aromatic heterocycles. The summed E-state index contributed by atoms with van der Waals surface area (Å²) in [4.78, 5) is 14.0. The van der Waals surface area contributed by atoms with E-state index in [2.05, 4.69) is 29.6 Å². The number of benzene rings is 1. The first kappa shape index (κ1) is 15.1. The fourth-order valence-electron chi connectivity index (χ4n) is 2.74. The Bertz CT molecular complexity index is 537. The van der Waals surface area contributed by atoms with E-state index in [0.717, 1.165) is 32.4 Å². The summed E-state index contributed by atoms with van der Waals surface area (Å²) in [6.07, 6.45) is 4.54. The normalized spacial score (nSPS) is 16.4. The molecule has 110 valence electrons. The van der Waals surface area contributed by atoms with Crippen LogP contribution in [-0.4, -0.2) is 30.9 Å². The summed E-state index contributed by atoms with van der Waals surface area (Å²) in [7, 11) is 1.69. The van der Waals surface area contributed by atoms with Crippen LogP contribution in [0, 0.1) is 17.2 Å². The Kier molecular flexibility index (Phi) is 5.39. The fourth-order valence-corrected chi connectivity index (χ4v) is 2.74. The van der Waals surface area contributed by atoms with Crippen molar-refractivity contribution in [3.05, 3.63) is 47.7 Å². The van der Waals surface area contributed by atoms with Gasteiger partial charge in [-0.15, -0.1) is 0 Å². The van der Waals surface area contributed by atoms with Gasteiger partial charge in [-0.1, -0.05) is 30.3 Å². The van der Waals surface area contributed by atoms with Crippen LogP contribution in [0.4, 0.5) is 0 Å². The third-order valence-corrected chi connectivity index (χ3v) is 3.91. The van der Waals surface area contributed by atoms with Crippen molar-refractivity contribution in [3.63, 3.8) is 0 Å².